The van der Waals surface area contributed by atoms with Crippen LogP contribution in [0.25, 0.3) is 12.2 Å². The molecule has 1 heterocycles. The third-order valence-corrected chi connectivity index (χ3v) is 2.54. The Morgan fingerprint density at radius 2 is 1.89 bits per heavy atom. The van der Waals surface area contributed by atoms with E-state index in [-0.39, 0.29) is 5.63 Å². The molecule has 18 heavy (non-hydrogen) atoms. The summed E-state index contributed by atoms with van der Waals surface area (Å²) in [5, 5.41) is 0. The zero-order valence-corrected chi connectivity index (χ0v) is 10.3. The lowest BCUT2D eigenvalue weighted by Crippen LogP contribution is -2.06. The van der Waals surface area contributed by atoms with Crippen LogP contribution in [0.1, 0.15) is 16.9 Å². The van der Waals surface area contributed by atoms with Crippen LogP contribution in [0.2, 0.25) is 0 Å². The van der Waals surface area contributed by atoms with Crippen LogP contribution in [-0.4, -0.2) is 7.11 Å². The van der Waals surface area contributed by atoms with E-state index in [1.54, 1.807) is 19.1 Å². The first-order chi connectivity index (χ1) is 8.70. The van der Waals surface area contributed by atoms with Crippen molar-refractivity contribution in [2.24, 2.45) is 0 Å². The van der Waals surface area contributed by atoms with E-state index in [0.29, 0.717) is 17.1 Å². The highest BCUT2D eigenvalue weighted by Gasteiger charge is 2.07. The Bertz CT molecular complexity index is 609. The summed E-state index contributed by atoms with van der Waals surface area (Å²) in [6.07, 6.45) is 3.56. The number of aryl methyl sites for hydroxylation is 1. The van der Waals surface area contributed by atoms with E-state index in [2.05, 4.69) is 0 Å². The predicted octanol–water partition coefficient (Wildman–Crippen LogP) is 3.13. The van der Waals surface area contributed by atoms with Gasteiger partial charge in [0.2, 0.25) is 0 Å². The summed E-state index contributed by atoms with van der Waals surface area (Å²) in [5.74, 6) is 1.06. The molecule has 0 saturated heterocycles. The van der Waals surface area contributed by atoms with Crippen LogP contribution in [0.15, 0.2) is 45.6 Å². The van der Waals surface area contributed by atoms with Gasteiger partial charge in [-0.2, -0.15) is 0 Å². The molecule has 0 radical (unpaired) electrons. The molecule has 0 atom stereocenters. The Morgan fingerprint density at radius 3 is 2.56 bits per heavy atom. The fourth-order valence-electron chi connectivity index (χ4n) is 1.66. The van der Waals surface area contributed by atoms with Gasteiger partial charge in [-0.15, -0.1) is 0 Å². The summed E-state index contributed by atoms with van der Waals surface area (Å²) in [6.45, 7) is 1.72. The number of rotatable bonds is 3. The van der Waals surface area contributed by atoms with Crippen LogP contribution < -0.4 is 10.4 Å². The second kappa shape index (κ2) is 5.36. The lowest BCUT2D eigenvalue weighted by Gasteiger charge is -2.03. The van der Waals surface area contributed by atoms with Crippen LogP contribution >= 0.6 is 0 Å². The van der Waals surface area contributed by atoms with Crippen molar-refractivity contribution in [1.82, 2.24) is 0 Å². The lowest BCUT2D eigenvalue weighted by molar-refractivity contribution is 0.395. The van der Waals surface area contributed by atoms with Crippen molar-refractivity contribution in [2.75, 3.05) is 7.11 Å². The smallest absolute Gasteiger partial charge is 0.346 e. The molecule has 0 amide bonds. The van der Waals surface area contributed by atoms with Gasteiger partial charge in [-0.05, 0) is 18.6 Å². The lowest BCUT2D eigenvalue weighted by atomic mass is 10.1. The van der Waals surface area contributed by atoms with Crippen molar-refractivity contribution in [3.05, 3.63) is 63.7 Å². The first kappa shape index (κ1) is 12.2. The van der Waals surface area contributed by atoms with Gasteiger partial charge in [-0.25, -0.2) is 4.79 Å². The van der Waals surface area contributed by atoms with E-state index in [0.717, 1.165) is 5.56 Å². The van der Waals surface area contributed by atoms with Gasteiger partial charge in [-0.1, -0.05) is 36.4 Å². The van der Waals surface area contributed by atoms with E-state index in [9.17, 15) is 4.79 Å². The molecular weight excluding hydrogens is 228 g/mol. The Hall–Kier alpha value is -2.29. The molecule has 0 unspecified atom stereocenters. The second-order valence-corrected chi connectivity index (χ2v) is 3.87. The number of benzene rings is 1. The van der Waals surface area contributed by atoms with E-state index in [1.165, 1.54) is 7.11 Å². The molecule has 0 aliphatic carbocycles. The van der Waals surface area contributed by atoms with E-state index in [1.807, 2.05) is 36.4 Å². The van der Waals surface area contributed by atoms with Crippen LogP contribution in [0.3, 0.4) is 0 Å². The summed E-state index contributed by atoms with van der Waals surface area (Å²) in [6, 6.07) is 11.4. The second-order valence-electron chi connectivity index (χ2n) is 3.87. The maximum absolute atomic E-state index is 11.7. The molecule has 3 heteroatoms. The maximum Gasteiger partial charge on any atom is 0.346 e. The SMILES string of the molecule is COc1cc(C)oc(=O)c1/C=C/c1ccccc1. The molecule has 0 aliphatic heterocycles. The Balaban J connectivity index is 2.40. The van der Waals surface area contributed by atoms with Crippen LogP contribution in [0, 0.1) is 6.92 Å². The third kappa shape index (κ3) is 2.69. The van der Waals surface area contributed by atoms with Gasteiger partial charge in [0.25, 0.3) is 0 Å². The Morgan fingerprint density at radius 1 is 1.17 bits per heavy atom. The summed E-state index contributed by atoms with van der Waals surface area (Å²) in [4.78, 5) is 11.7. The van der Waals surface area contributed by atoms with Crippen LogP contribution in [0.5, 0.6) is 5.75 Å². The average molecular weight is 242 g/mol. The molecule has 92 valence electrons. The van der Waals surface area contributed by atoms with Gasteiger partial charge in [0.1, 0.15) is 17.1 Å². The van der Waals surface area contributed by atoms with Crippen molar-refractivity contribution in [1.29, 1.82) is 0 Å². The summed E-state index contributed by atoms with van der Waals surface area (Å²) < 4.78 is 10.2. The first-order valence-electron chi connectivity index (χ1n) is 5.62. The van der Waals surface area contributed by atoms with Crippen molar-refractivity contribution in [3.8, 4) is 5.75 Å². The minimum atomic E-state index is -0.390. The van der Waals surface area contributed by atoms with Gasteiger partial charge in [-0.3, -0.25) is 0 Å². The molecule has 1 aromatic heterocycles. The third-order valence-electron chi connectivity index (χ3n) is 2.54. The average Bonchev–Trinajstić information content (AvgIpc) is 2.38. The van der Waals surface area contributed by atoms with Crippen molar-refractivity contribution >= 4 is 12.2 Å². The molecule has 2 aromatic rings. The highest BCUT2D eigenvalue weighted by atomic mass is 16.5. The minimum absolute atomic E-state index is 0.390. The molecule has 2 rings (SSSR count). The zero-order chi connectivity index (χ0) is 13.0. The summed E-state index contributed by atoms with van der Waals surface area (Å²) >= 11 is 0. The Labute approximate surface area is 105 Å². The molecule has 0 aliphatic rings. The topological polar surface area (TPSA) is 39.4 Å². The molecule has 1 aromatic carbocycles. The highest BCUT2D eigenvalue weighted by molar-refractivity contribution is 5.71. The molecular formula is C15H14O3. The van der Waals surface area contributed by atoms with E-state index in [4.69, 9.17) is 9.15 Å². The maximum atomic E-state index is 11.7. The normalized spacial score (nSPS) is 10.8. The number of hydrogen-bond donors (Lipinski definition) is 0. The fourth-order valence-corrected chi connectivity index (χ4v) is 1.66. The van der Waals surface area contributed by atoms with Crippen molar-refractivity contribution in [3.63, 3.8) is 0 Å². The van der Waals surface area contributed by atoms with Crippen molar-refractivity contribution in [2.45, 2.75) is 6.92 Å². The molecule has 0 N–H and O–H groups in total. The predicted molar refractivity (Wildman–Crippen MR) is 71.6 cm³/mol. The highest BCUT2D eigenvalue weighted by Crippen LogP contribution is 2.18. The Kier molecular flexibility index (Phi) is 3.63. The van der Waals surface area contributed by atoms with E-state index >= 15 is 0 Å². The molecule has 0 fully saturated rings. The van der Waals surface area contributed by atoms with Crippen LogP contribution in [-0.2, 0) is 0 Å². The molecule has 0 spiro atoms. The van der Waals surface area contributed by atoms with Gasteiger partial charge in [0, 0.05) is 6.07 Å². The van der Waals surface area contributed by atoms with Gasteiger partial charge in [0.05, 0.1) is 7.11 Å². The first-order valence-corrected chi connectivity index (χ1v) is 5.62. The van der Waals surface area contributed by atoms with Gasteiger partial charge < -0.3 is 9.15 Å². The molecule has 3 nitrogen and oxygen atoms in total. The summed E-state index contributed by atoms with van der Waals surface area (Å²) in [7, 11) is 1.54. The number of hydrogen-bond acceptors (Lipinski definition) is 3. The van der Waals surface area contributed by atoms with Gasteiger partial charge >= 0.3 is 5.63 Å². The monoisotopic (exact) mass is 242 g/mol. The number of ether oxygens (including phenoxy) is 1. The fraction of sp³-hybridized carbons (Fsp3) is 0.133. The molecule has 0 saturated carbocycles. The quantitative estimate of drug-likeness (QED) is 0.830. The van der Waals surface area contributed by atoms with Crippen LogP contribution in [0.4, 0.5) is 0 Å². The largest absolute Gasteiger partial charge is 0.496 e. The summed E-state index contributed by atoms with van der Waals surface area (Å²) in [5.41, 5.74) is 1.05. The van der Waals surface area contributed by atoms with Gasteiger partial charge in [0.15, 0.2) is 0 Å². The van der Waals surface area contributed by atoms with E-state index < -0.39 is 0 Å². The minimum Gasteiger partial charge on any atom is -0.496 e. The number of methoxy groups -OCH3 is 1. The molecule has 0 bridgehead atoms. The van der Waals surface area contributed by atoms with Crippen molar-refractivity contribution < 1.29 is 9.15 Å². The standard InChI is InChI=1S/C15H14O3/c1-11-10-14(17-2)13(15(16)18-11)9-8-12-6-4-3-5-7-12/h3-10H,1-2H3/b9-8+. The zero-order valence-electron chi connectivity index (χ0n) is 10.3.